The third kappa shape index (κ3) is 4.22. The van der Waals surface area contributed by atoms with Crippen LogP contribution in [0.4, 0.5) is 0 Å². The predicted molar refractivity (Wildman–Crippen MR) is 91.9 cm³/mol. The van der Waals surface area contributed by atoms with Crippen molar-refractivity contribution in [3.63, 3.8) is 0 Å². The summed E-state index contributed by atoms with van der Waals surface area (Å²) in [6.45, 7) is 1.09. The van der Waals surface area contributed by atoms with Gasteiger partial charge in [0.2, 0.25) is 0 Å². The molecule has 2 aromatic rings. The maximum Gasteiger partial charge on any atom is 0.137 e. The first kappa shape index (κ1) is 16.3. The van der Waals surface area contributed by atoms with Gasteiger partial charge in [0, 0.05) is 0 Å². The van der Waals surface area contributed by atoms with Crippen LogP contribution in [0, 0.1) is 0 Å². The van der Waals surface area contributed by atoms with Crippen LogP contribution in [0.5, 0.6) is 11.5 Å². The Morgan fingerprint density at radius 1 is 1.10 bits per heavy atom. The Hall–Kier alpha value is -1.04. The summed E-state index contributed by atoms with van der Waals surface area (Å²) in [5.74, 6) is 1.67. The molecule has 0 atom stereocenters. The van der Waals surface area contributed by atoms with Crippen molar-refractivity contribution in [2.24, 2.45) is 5.73 Å². The highest BCUT2D eigenvalue weighted by molar-refractivity contribution is 9.10. The highest BCUT2D eigenvalue weighted by Crippen LogP contribution is 2.31. The summed E-state index contributed by atoms with van der Waals surface area (Å²) < 4.78 is 13.1. The molecule has 0 fully saturated rings. The van der Waals surface area contributed by atoms with Gasteiger partial charge in [-0.15, -0.1) is 0 Å². The number of benzene rings is 2. The molecule has 0 unspecified atom stereocenters. The molecule has 2 rings (SSSR count). The van der Waals surface area contributed by atoms with Crippen LogP contribution in [0.25, 0.3) is 0 Å². The Morgan fingerprint density at radius 3 is 2.57 bits per heavy atom. The molecule has 0 aliphatic rings. The highest BCUT2D eigenvalue weighted by atomic mass is 79.9. The lowest BCUT2D eigenvalue weighted by atomic mass is 10.1. The number of nitrogens with two attached hydrogens (primary N) is 1. The molecule has 5 heteroatoms. The second kappa shape index (κ2) is 7.82. The summed E-state index contributed by atoms with van der Waals surface area (Å²) in [5, 5.41) is 0. The molecule has 0 amide bonds. The number of methoxy groups -OCH3 is 1. The van der Waals surface area contributed by atoms with Crippen molar-refractivity contribution in [3.05, 3.63) is 56.5 Å². The number of halogens is 2. The van der Waals surface area contributed by atoms with Gasteiger partial charge < -0.3 is 15.2 Å². The first-order chi connectivity index (χ1) is 10.2. The van der Waals surface area contributed by atoms with Crippen molar-refractivity contribution in [3.8, 4) is 11.5 Å². The Kier molecular flexibility index (Phi) is 6.08. The van der Waals surface area contributed by atoms with Crippen LogP contribution in [-0.4, -0.2) is 13.7 Å². The predicted octanol–water partition coefficient (Wildman–Crippen LogP) is 4.30. The largest absolute Gasteiger partial charge is 0.496 e. The van der Waals surface area contributed by atoms with Crippen LogP contribution in [-0.2, 0) is 13.0 Å². The standard InChI is InChI=1S/C16H17Br2NO2/c1-20-15-6-5-11(9-14(15)18)10-21-16-12(7-8-19)3-2-4-13(16)17/h2-6,9H,7-8,10,19H2,1H3. The molecule has 2 aromatic carbocycles. The zero-order valence-corrected chi connectivity index (χ0v) is 14.9. The van der Waals surface area contributed by atoms with E-state index in [1.54, 1.807) is 7.11 Å². The van der Waals surface area contributed by atoms with E-state index in [4.69, 9.17) is 15.2 Å². The molecule has 3 nitrogen and oxygen atoms in total. The van der Waals surface area contributed by atoms with Gasteiger partial charge in [0.25, 0.3) is 0 Å². The molecule has 0 saturated heterocycles. The van der Waals surface area contributed by atoms with Crippen molar-refractivity contribution >= 4 is 31.9 Å². The molecule has 0 aromatic heterocycles. The summed E-state index contributed by atoms with van der Waals surface area (Å²) in [5.41, 5.74) is 7.83. The van der Waals surface area contributed by atoms with E-state index in [0.717, 1.165) is 38.0 Å². The van der Waals surface area contributed by atoms with Gasteiger partial charge in [-0.3, -0.25) is 0 Å². The zero-order chi connectivity index (χ0) is 15.2. The molecule has 112 valence electrons. The summed E-state index contributed by atoms with van der Waals surface area (Å²) in [4.78, 5) is 0. The first-order valence-corrected chi connectivity index (χ1v) is 8.17. The lowest BCUT2D eigenvalue weighted by Gasteiger charge is -2.13. The fourth-order valence-corrected chi connectivity index (χ4v) is 3.13. The van der Waals surface area contributed by atoms with E-state index in [2.05, 4.69) is 31.9 Å². The Balaban J connectivity index is 2.14. The quantitative estimate of drug-likeness (QED) is 0.766. The maximum absolute atomic E-state index is 5.97. The maximum atomic E-state index is 5.97. The average molecular weight is 415 g/mol. The summed E-state index contributed by atoms with van der Waals surface area (Å²) in [7, 11) is 1.65. The van der Waals surface area contributed by atoms with E-state index in [0.29, 0.717) is 13.2 Å². The molecule has 0 heterocycles. The molecule has 0 radical (unpaired) electrons. The lowest BCUT2D eigenvalue weighted by molar-refractivity contribution is 0.300. The van der Waals surface area contributed by atoms with Gasteiger partial charge in [0.15, 0.2) is 0 Å². The molecule has 21 heavy (non-hydrogen) atoms. The van der Waals surface area contributed by atoms with Crippen LogP contribution in [0.1, 0.15) is 11.1 Å². The van der Waals surface area contributed by atoms with Crippen LogP contribution in [0.2, 0.25) is 0 Å². The monoisotopic (exact) mass is 413 g/mol. The molecule has 0 aliphatic heterocycles. The summed E-state index contributed by atoms with van der Waals surface area (Å²) in [6, 6.07) is 11.9. The average Bonchev–Trinajstić information content (AvgIpc) is 2.47. The van der Waals surface area contributed by atoms with Gasteiger partial charge in [0.05, 0.1) is 16.1 Å². The number of rotatable bonds is 6. The number of para-hydroxylation sites is 1. The fourth-order valence-electron chi connectivity index (χ4n) is 2.02. The number of ether oxygens (including phenoxy) is 2. The van der Waals surface area contributed by atoms with Crippen LogP contribution >= 0.6 is 31.9 Å². The molecule has 0 bridgehead atoms. The summed E-state index contributed by atoms with van der Waals surface area (Å²) in [6.07, 6.45) is 0.793. The van der Waals surface area contributed by atoms with Gasteiger partial charge in [-0.2, -0.15) is 0 Å². The van der Waals surface area contributed by atoms with E-state index in [1.807, 2.05) is 36.4 Å². The minimum atomic E-state index is 0.489. The van der Waals surface area contributed by atoms with Crippen molar-refractivity contribution in [1.82, 2.24) is 0 Å². The number of hydrogen-bond donors (Lipinski definition) is 1. The molecule has 0 spiro atoms. The van der Waals surface area contributed by atoms with Crippen molar-refractivity contribution in [2.45, 2.75) is 13.0 Å². The molecular weight excluding hydrogens is 398 g/mol. The highest BCUT2D eigenvalue weighted by Gasteiger charge is 2.09. The van der Waals surface area contributed by atoms with E-state index in [-0.39, 0.29) is 0 Å². The van der Waals surface area contributed by atoms with E-state index in [9.17, 15) is 0 Å². The molecule has 0 aliphatic carbocycles. The van der Waals surface area contributed by atoms with Gasteiger partial charge in [-0.25, -0.2) is 0 Å². The third-order valence-corrected chi connectivity index (χ3v) is 4.31. The van der Waals surface area contributed by atoms with E-state index in [1.165, 1.54) is 0 Å². The van der Waals surface area contributed by atoms with Gasteiger partial charge in [-0.05, 0) is 74.2 Å². The lowest BCUT2D eigenvalue weighted by Crippen LogP contribution is -2.06. The second-order valence-electron chi connectivity index (χ2n) is 4.52. The summed E-state index contributed by atoms with van der Waals surface area (Å²) >= 11 is 7.01. The normalized spacial score (nSPS) is 10.5. The minimum Gasteiger partial charge on any atom is -0.496 e. The van der Waals surface area contributed by atoms with E-state index >= 15 is 0 Å². The molecule has 0 saturated carbocycles. The first-order valence-electron chi connectivity index (χ1n) is 6.58. The smallest absolute Gasteiger partial charge is 0.137 e. The molecular formula is C16H17Br2NO2. The SMILES string of the molecule is COc1ccc(COc2c(Br)cccc2CCN)cc1Br. The fraction of sp³-hybridized carbons (Fsp3) is 0.250. The van der Waals surface area contributed by atoms with Crippen LogP contribution in [0.3, 0.4) is 0 Å². The Morgan fingerprint density at radius 2 is 1.90 bits per heavy atom. The minimum absolute atomic E-state index is 0.489. The van der Waals surface area contributed by atoms with Crippen molar-refractivity contribution in [2.75, 3.05) is 13.7 Å². The second-order valence-corrected chi connectivity index (χ2v) is 6.23. The van der Waals surface area contributed by atoms with Crippen LogP contribution < -0.4 is 15.2 Å². The van der Waals surface area contributed by atoms with Gasteiger partial charge in [0.1, 0.15) is 18.1 Å². The van der Waals surface area contributed by atoms with E-state index < -0.39 is 0 Å². The third-order valence-electron chi connectivity index (χ3n) is 3.06. The topological polar surface area (TPSA) is 44.5 Å². The van der Waals surface area contributed by atoms with Crippen molar-refractivity contribution < 1.29 is 9.47 Å². The van der Waals surface area contributed by atoms with Crippen molar-refractivity contribution in [1.29, 1.82) is 0 Å². The van der Waals surface area contributed by atoms with Gasteiger partial charge >= 0.3 is 0 Å². The zero-order valence-electron chi connectivity index (χ0n) is 11.7. The Bertz CT molecular complexity index is 617. The Labute approximate surface area is 141 Å². The molecule has 2 N–H and O–H groups in total. The number of hydrogen-bond acceptors (Lipinski definition) is 3. The van der Waals surface area contributed by atoms with Gasteiger partial charge in [-0.1, -0.05) is 18.2 Å². The van der Waals surface area contributed by atoms with Crippen LogP contribution in [0.15, 0.2) is 45.3 Å².